The van der Waals surface area contributed by atoms with Crippen LogP contribution < -0.4 is 10.6 Å². The summed E-state index contributed by atoms with van der Waals surface area (Å²) in [7, 11) is 2.02. The van der Waals surface area contributed by atoms with Crippen LogP contribution in [0.1, 0.15) is 13.8 Å². The molecule has 0 amide bonds. The van der Waals surface area contributed by atoms with Gasteiger partial charge in [0.25, 0.3) is 0 Å². The van der Waals surface area contributed by atoms with Crippen molar-refractivity contribution in [2.24, 2.45) is 0 Å². The molecule has 1 aromatic rings. The van der Waals surface area contributed by atoms with Gasteiger partial charge in [0, 0.05) is 19.3 Å². The molecule has 0 atom stereocenters. The van der Waals surface area contributed by atoms with Crippen LogP contribution in [-0.4, -0.2) is 18.1 Å². The first-order chi connectivity index (χ1) is 6.04. The van der Waals surface area contributed by atoms with E-state index in [1.165, 1.54) is 0 Å². The highest BCUT2D eigenvalue weighted by molar-refractivity contribution is 9.10. The normalized spacial score (nSPS) is 10.5. The van der Waals surface area contributed by atoms with Crippen molar-refractivity contribution in [2.75, 3.05) is 17.7 Å². The molecule has 1 rings (SSSR count). The lowest BCUT2D eigenvalue weighted by Gasteiger charge is -2.25. The van der Waals surface area contributed by atoms with Crippen LogP contribution in [0.25, 0.3) is 0 Å². The number of hydrogen-bond donors (Lipinski definition) is 1. The zero-order valence-electron chi connectivity index (χ0n) is 8.08. The smallest absolute Gasteiger partial charge is 0.0775 e. The van der Waals surface area contributed by atoms with E-state index in [0.29, 0.717) is 11.7 Å². The number of halogens is 1. The van der Waals surface area contributed by atoms with Crippen LogP contribution in [0.3, 0.4) is 0 Å². The van der Waals surface area contributed by atoms with Crippen molar-refractivity contribution in [1.82, 2.24) is 4.98 Å². The van der Waals surface area contributed by atoms with Crippen LogP contribution in [0.15, 0.2) is 16.9 Å². The average molecular weight is 244 g/mol. The third kappa shape index (κ3) is 2.12. The zero-order chi connectivity index (χ0) is 10.0. The van der Waals surface area contributed by atoms with Crippen LogP contribution in [0.5, 0.6) is 0 Å². The molecule has 3 nitrogen and oxygen atoms in total. The molecule has 0 aliphatic rings. The maximum absolute atomic E-state index is 5.83. The van der Waals surface area contributed by atoms with Crippen LogP contribution >= 0.6 is 15.9 Å². The first-order valence-electron chi connectivity index (χ1n) is 4.16. The Hall–Kier alpha value is -0.770. The summed E-state index contributed by atoms with van der Waals surface area (Å²) in [6.07, 6.45) is 3.42. The van der Waals surface area contributed by atoms with Gasteiger partial charge in [-0.05, 0) is 29.8 Å². The highest BCUT2D eigenvalue weighted by atomic mass is 79.9. The molecule has 4 heteroatoms. The molecule has 0 aromatic carbocycles. The Morgan fingerprint density at radius 3 is 2.54 bits per heavy atom. The monoisotopic (exact) mass is 243 g/mol. The molecule has 1 heterocycles. The average Bonchev–Trinajstić information content (AvgIpc) is 2.03. The number of aromatic nitrogens is 1. The first-order valence-corrected chi connectivity index (χ1v) is 4.95. The van der Waals surface area contributed by atoms with Gasteiger partial charge in [0.05, 0.1) is 22.0 Å². The van der Waals surface area contributed by atoms with Gasteiger partial charge in [-0.15, -0.1) is 0 Å². The Balaban J connectivity index is 3.12. The Kier molecular flexibility index (Phi) is 3.14. The van der Waals surface area contributed by atoms with Gasteiger partial charge < -0.3 is 10.6 Å². The van der Waals surface area contributed by atoms with Crippen molar-refractivity contribution in [3.63, 3.8) is 0 Å². The summed E-state index contributed by atoms with van der Waals surface area (Å²) in [5, 5.41) is 0. The van der Waals surface area contributed by atoms with Gasteiger partial charge in [-0.25, -0.2) is 0 Å². The molecule has 0 fully saturated rings. The largest absolute Gasteiger partial charge is 0.396 e. The molecule has 0 bridgehead atoms. The van der Waals surface area contributed by atoms with E-state index >= 15 is 0 Å². The number of hydrogen-bond acceptors (Lipinski definition) is 3. The summed E-state index contributed by atoms with van der Waals surface area (Å²) in [5.41, 5.74) is 7.53. The molecule has 2 N–H and O–H groups in total. The van der Waals surface area contributed by atoms with Crippen molar-refractivity contribution in [1.29, 1.82) is 0 Å². The molecule has 0 aliphatic heterocycles. The minimum atomic E-state index is 0.418. The topological polar surface area (TPSA) is 42.1 Å². The van der Waals surface area contributed by atoms with Gasteiger partial charge in [-0.1, -0.05) is 0 Å². The Bertz CT molecular complexity index is 279. The third-order valence-electron chi connectivity index (χ3n) is 2.03. The van der Waals surface area contributed by atoms with Crippen molar-refractivity contribution in [3.8, 4) is 0 Å². The molecule has 72 valence electrons. The minimum absolute atomic E-state index is 0.418. The van der Waals surface area contributed by atoms with E-state index in [1.54, 1.807) is 12.4 Å². The SMILES string of the molecule is CC(C)N(C)c1c(N)cncc1Br. The van der Waals surface area contributed by atoms with Gasteiger partial charge >= 0.3 is 0 Å². The van der Waals surface area contributed by atoms with Crippen molar-refractivity contribution < 1.29 is 0 Å². The Labute approximate surface area is 87.1 Å². The van der Waals surface area contributed by atoms with E-state index in [1.807, 2.05) is 7.05 Å². The fraction of sp³-hybridized carbons (Fsp3) is 0.444. The van der Waals surface area contributed by atoms with E-state index in [-0.39, 0.29) is 0 Å². The second-order valence-corrected chi connectivity index (χ2v) is 4.12. The standard InChI is InChI=1S/C9H14BrN3/c1-6(2)13(3)9-7(10)4-12-5-8(9)11/h4-6H,11H2,1-3H3. The molecule has 1 aromatic heterocycles. The summed E-state index contributed by atoms with van der Waals surface area (Å²) >= 11 is 3.43. The molecule has 0 spiro atoms. The fourth-order valence-electron chi connectivity index (χ4n) is 1.07. The number of pyridine rings is 1. The van der Waals surface area contributed by atoms with E-state index in [2.05, 4.69) is 39.7 Å². The Morgan fingerprint density at radius 2 is 2.08 bits per heavy atom. The lowest BCUT2D eigenvalue weighted by Crippen LogP contribution is -2.26. The third-order valence-corrected chi connectivity index (χ3v) is 2.61. The van der Waals surface area contributed by atoms with Crippen molar-refractivity contribution in [2.45, 2.75) is 19.9 Å². The summed E-state index contributed by atoms with van der Waals surface area (Å²) in [6.45, 7) is 4.23. The second-order valence-electron chi connectivity index (χ2n) is 3.26. The fourth-order valence-corrected chi connectivity index (χ4v) is 1.70. The summed E-state index contributed by atoms with van der Waals surface area (Å²) < 4.78 is 0.934. The highest BCUT2D eigenvalue weighted by Gasteiger charge is 2.11. The number of nitrogens with two attached hydrogens (primary N) is 1. The van der Waals surface area contributed by atoms with Gasteiger partial charge in [-0.3, -0.25) is 4.98 Å². The van der Waals surface area contributed by atoms with E-state index < -0.39 is 0 Å². The summed E-state index contributed by atoms with van der Waals surface area (Å²) in [5.74, 6) is 0. The van der Waals surface area contributed by atoms with Crippen molar-refractivity contribution in [3.05, 3.63) is 16.9 Å². The van der Waals surface area contributed by atoms with Gasteiger partial charge in [0.2, 0.25) is 0 Å². The molecule has 0 saturated heterocycles. The van der Waals surface area contributed by atoms with Gasteiger partial charge in [0.15, 0.2) is 0 Å². The lowest BCUT2D eigenvalue weighted by atomic mass is 10.2. The van der Waals surface area contributed by atoms with Crippen LogP contribution in [-0.2, 0) is 0 Å². The molecular weight excluding hydrogens is 230 g/mol. The summed E-state index contributed by atoms with van der Waals surface area (Å²) in [4.78, 5) is 6.10. The molecule has 0 saturated carbocycles. The van der Waals surface area contributed by atoms with Crippen LogP contribution in [0, 0.1) is 0 Å². The number of rotatable bonds is 2. The molecule has 13 heavy (non-hydrogen) atoms. The van der Waals surface area contributed by atoms with Gasteiger partial charge in [0.1, 0.15) is 0 Å². The van der Waals surface area contributed by atoms with Crippen molar-refractivity contribution >= 4 is 27.3 Å². The predicted molar refractivity (Wildman–Crippen MR) is 59.9 cm³/mol. The number of anilines is 2. The minimum Gasteiger partial charge on any atom is -0.396 e. The molecule has 0 aliphatic carbocycles. The summed E-state index contributed by atoms with van der Waals surface area (Å²) in [6, 6.07) is 0.418. The number of nitrogen functional groups attached to an aromatic ring is 1. The molecule has 0 unspecified atom stereocenters. The second kappa shape index (κ2) is 3.96. The zero-order valence-corrected chi connectivity index (χ0v) is 9.67. The predicted octanol–water partition coefficient (Wildman–Crippen LogP) is 2.27. The van der Waals surface area contributed by atoms with E-state index in [0.717, 1.165) is 10.2 Å². The van der Waals surface area contributed by atoms with Gasteiger partial charge in [-0.2, -0.15) is 0 Å². The number of nitrogens with zero attached hydrogens (tertiary/aromatic N) is 2. The van der Waals surface area contributed by atoms with Crippen LogP contribution in [0.4, 0.5) is 11.4 Å². The molecule has 0 radical (unpaired) electrons. The maximum atomic E-state index is 5.83. The quantitative estimate of drug-likeness (QED) is 0.867. The maximum Gasteiger partial charge on any atom is 0.0775 e. The molecular formula is C9H14BrN3. The highest BCUT2D eigenvalue weighted by Crippen LogP contribution is 2.31. The Morgan fingerprint density at radius 1 is 1.46 bits per heavy atom. The lowest BCUT2D eigenvalue weighted by molar-refractivity contribution is 0.753. The van der Waals surface area contributed by atoms with Crippen LogP contribution in [0.2, 0.25) is 0 Å². The van der Waals surface area contributed by atoms with E-state index in [4.69, 9.17) is 5.73 Å². The van der Waals surface area contributed by atoms with E-state index in [9.17, 15) is 0 Å². The first kappa shape index (κ1) is 10.3.